The highest BCUT2D eigenvalue weighted by atomic mass is 32.2. The second kappa shape index (κ2) is 15.2. The van der Waals surface area contributed by atoms with Crippen LogP contribution in [0, 0.1) is 0 Å². The number of hydrogen-bond acceptors (Lipinski definition) is 4. The molecule has 0 aromatic rings. The Balaban J connectivity index is 0. The maximum Gasteiger partial charge on any atom is 0.0892 e. The van der Waals surface area contributed by atoms with Crippen molar-refractivity contribution in [2.75, 3.05) is 46.2 Å². The highest BCUT2D eigenvalue weighted by Crippen LogP contribution is 1.82. The summed E-state index contributed by atoms with van der Waals surface area (Å²) in [5.41, 5.74) is 0. The topological polar surface area (TPSA) is 28.0 Å². The second-order valence-electron chi connectivity index (χ2n) is 3.02. The summed E-state index contributed by atoms with van der Waals surface area (Å²) >= 11 is 1.75. The van der Waals surface area contributed by atoms with Crippen LogP contribution < -0.4 is 0 Å². The van der Waals surface area contributed by atoms with Gasteiger partial charge in [-0.15, -0.1) is 0 Å². The number of aliphatic imine (C=N–C) groups is 2. The SMILES string of the molecule is CCN=C=NCCCN(C)C.CSC. The van der Waals surface area contributed by atoms with Crippen molar-refractivity contribution in [2.45, 2.75) is 13.3 Å². The Bertz CT molecular complexity index is 151. The molecule has 0 aliphatic rings. The summed E-state index contributed by atoms with van der Waals surface area (Å²) in [5, 5.41) is 0. The van der Waals surface area contributed by atoms with Crippen LogP contribution in [0.3, 0.4) is 0 Å². The normalized spacial score (nSPS) is 8.71. The molecule has 0 amide bonds. The molecule has 0 heterocycles. The molecule has 0 N–H and O–H groups in total. The Kier molecular flexibility index (Phi) is 17.5. The van der Waals surface area contributed by atoms with E-state index in [4.69, 9.17) is 0 Å². The first-order chi connectivity index (χ1) is 6.68. The van der Waals surface area contributed by atoms with Gasteiger partial charge in [-0.1, -0.05) is 0 Å². The molecule has 0 bridgehead atoms. The number of thioether (sulfide) groups is 1. The molecule has 0 spiro atoms. The van der Waals surface area contributed by atoms with Gasteiger partial charge in [0, 0.05) is 6.54 Å². The zero-order valence-electron chi connectivity index (χ0n) is 10.1. The minimum absolute atomic E-state index is 0.775. The summed E-state index contributed by atoms with van der Waals surface area (Å²) in [6.07, 6.45) is 5.17. The van der Waals surface area contributed by atoms with Crippen molar-refractivity contribution in [3.8, 4) is 0 Å². The number of rotatable bonds is 5. The molecule has 4 heteroatoms. The summed E-state index contributed by atoms with van der Waals surface area (Å²) < 4.78 is 0. The molecular formula is C10H23N3S. The number of nitrogens with zero attached hydrogens (tertiary/aromatic N) is 3. The molecule has 14 heavy (non-hydrogen) atoms. The summed E-state index contributed by atoms with van der Waals surface area (Å²) in [5.74, 6) is 0. The summed E-state index contributed by atoms with van der Waals surface area (Å²) in [6.45, 7) is 4.67. The zero-order chi connectivity index (χ0) is 11.2. The third-order valence-corrected chi connectivity index (χ3v) is 1.17. The Hall–Kier alpha value is -0.310. The van der Waals surface area contributed by atoms with E-state index in [2.05, 4.69) is 35.0 Å². The van der Waals surface area contributed by atoms with Crippen LogP contribution in [0.15, 0.2) is 9.98 Å². The summed E-state index contributed by atoms with van der Waals surface area (Å²) in [4.78, 5) is 9.99. The van der Waals surface area contributed by atoms with E-state index in [0.717, 1.165) is 26.1 Å². The standard InChI is InChI=1S/C8H17N3.C2H6S/c1-4-9-8-10-6-5-7-11(2)3;1-3-2/h4-7H2,1-3H3;1-2H3. The molecule has 84 valence electrons. The van der Waals surface area contributed by atoms with Gasteiger partial charge in [0.2, 0.25) is 0 Å². The van der Waals surface area contributed by atoms with Crippen molar-refractivity contribution in [3.63, 3.8) is 0 Å². The molecule has 0 unspecified atom stereocenters. The van der Waals surface area contributed by atoms with E-state index >= 15 is 0 Å². The van der Waals surface area contributed by atoms with E-state index in [9.17, 15) is 0 Å². The molecule has 0 fully saturated rings. The van der Waals surface area contributed by atoms with E-state index < -0.39 is 0 Å². The first-order valence-electron chi connectivity index (χ1n) is 4.81. The predicted octanol–water partition coefficient (Wildman–Crippen LogP) is 2.11. The molecule has 0 aromatic carbocycles. The van der Waals surface area contributed by atoms with E-state index in [1.165, 1.54) is 0 Å². The van der Waals surface area contributed by atoms with Crippen molar-refractivity contribution in [2.24, 2.45) is 9.98 Å². The van der Waals surface area contributed by atoms with E-state index in [0.29, 0.717) is 0 Å². The molecule has 0 aliphatic carbocycles. The monoisotopic (exact) mass is 217 g/mol. The Morgan fingerprint density at radius 3 is 2.21 bits per heavy atom. The van der Waals surface area contributed by atoms with Crippen molar-refractivity contribution < 1.29 is 0 Å². The average molecular weight is 217 g/mol. The maximum absolute atomic E-state index is 3.99. The lowest BCUT2D eigenvalue weighted by Gasteiger charge is -2.05. The number of hydrogen-bond donors (Lipinski definition) is 0. The molecule has 0 radical (unpaired) electrons. The quantitative estimate of drug-likeness (QED) is 0.521. The molecule has 0 atom stereocenters. The van der Waals surface area contributed by atoms with Crippen LogP contribution in [0.4, 0.5) is 0 Å². The smallest absolute Gasteiger partial charge is 0.0892 e. The predicted molar refractivity (Wildman–Crippen MR) is 67.9 cm³/mol. The molecule has 0 aliphatic heterocycles. The molecule has 0 rings (SSSR count). The van der Waals surface area contributed by atoms with Crippen molar-refractivity contribution in [1.82, 2.24) is 4.90 Å². The van der Waals surface area contributed by atoms with E-state index in [-0.39, 0.29) is 0 Å². The fourth-order valence-corrected chi connectivity index (χ4v) is 0.637. The van der Waals surface area contributed by atoms with Gasteiger partial charge in [-0.05, 0) is 46.5 Å². The van der Waals surface area contributed by atoms with Crippen LogP contribution in [-0.2, 0) is 0 Å². The van der Waals surface area contributed by atoms with Gasteiger partial charge < -0.3 is 4.90 Å². The van der Waals surface area contributed by atoms with Gasteiger partial charge in [-0.3, -0.25) is 0 Å². The fraction of sp³-hybridized carbons (Fsp3) is 0.900. The van der Waals surface area contributed by atoms with Gasteiger partial charge in [0.05, 0.1) is 12.6 Å². The van der Waals surface area contributed by atoms with Gasteiger partial charge in [0.1, 0.15) is 0 Å². The minimum Gasteiger partial charge on any atom is -0.309 e. The van der Waals surface area contributed by atoms with Gasteiger partial charge in [0.15, 0.2) is 0 Å². The average Bonchev–Trinajstić information content (AvgIpc) is 2.12. The molecule has 3 nitrogen and oxygen atoms in total. The highest BCUT2D eigenvalue weighted by molar-refractivity contribution is 7.97. The first-order valence-corrected chi connectivity index (χ1v) is 6.45. The van der Waals surface area contributed by atoms with Gasteiger partial charge >= 0.3 is 0 Å². The van der Waals surface area contributed by atoms with Gasteiger partial charge in [0.25, 0.3) is 0 Å². The third kappa shape index (κ3) is 22.6. The van der Waals surface area contributed by atoms with Gasteiger partial charge in [-0.2, -0.15) is 11.8 Å². The lowest BCUT2D eigenvalue weighted by atomic mass is 10.4. The van der Waals surface area contributed by atoms with Gasteiger partial charge in [-0.25, -0.2) is 9.98 Å². The molecular weight excluding hydrogens is 194 g/mol. The van der Waals surface area contributed by atoms with Crippen LogP contribution in [0.2, 0.25) is 0 Å². The van der Waals surface area contributed by atoms with Crippen molar-refractivity contribution in [3.05, 3.63) is 0 Å². The highest BCUT2D eigenvalue weighted by Gasteiger charge is 1.86. The van der Waals surface area contributed by atoms with Crippen molar-refractivity contribution >= 4 is 17.8 Å². The van der Waals surface area contributed by atoms with Crippen LogP contribution in [-0.4, -0.2) is 57.1 Å². The summed E-state index contributed by atoms with van der Waals surface area (Å²) in [6, 6.07) is 2.64. The lowest BCUT2D eigenvalue weighted by Crippen LogP contribution is -2.13. The lowest BCUT2D eigenvalue weighted by molar-refractivity contribution is 0.403. The molecule has 0 saturated carbocycles. The Labute approximate surface area is 92.7 Å². The van der Waals surface area contributed by atoms with Crippen LogP contribution in [0.25, 0.3) is 0 Å². The third-order valence-electron chi connectivity index (χ3n) is 1.17. The molecule has 0 saturated heterocycles. The van der Waals surface area contributed by atoms with Crippen LogP contribution >= 0.6 is 11.8 Å². The largest absolute Gasteiger partial charge is 0.309 e. The molecule has 0 aromatic heterocycles. The minimum atomic E-state index is 0.775. The zero-order valence-corrected chi connectivity index (χ0v) is 10.9. The Morgan fingerprint density at radius 1 is 1.21 bits per heavy atom. The summed E-state index contributed by atoms with van der Waals surface area (Å²) in [7, 11) is 4.12. The van der Waals surface area contributed by atoms with Crippen molar-refractivity contribution in [1.29, 1.82) is 0 Å². The fourth-order valence-electron chi connectivity index (χ4n) is 0.637. The van der Waals surface area contributed by atoms with E-state index in [1.807, 2.05) is 19.4 Å². The van der Waals surface area contributed by atoms with E-state index in [1.54, 1.807) is 11.8 Å². The van der Waals surface area contributed by atoms with Crippen LogP contribution in [0.5, 0.6) is 0 Å². The maximum atomic E-state index is 3.99. The Morgan fingerprint density at radius 2 is 1.79 bits per heavy atom. The first kappa shape index (κ1) is 16.1. The second-order valence-corrected chi connectivity index (χ2v) is 3.84. The van der Waals surface area contributed by atoms with Crippen LogP contribution in [0.1, 0.15) is 13.3 Å².